The molecule has 3 aromatic rings. The highest BCUT2D eigenvalue weighted by molar-refractivity contribution is 7.99. The van der Waals surface area contributed by atoms with E-state index in [-0.39, 0.29) is 6.42 Å². The van der Waals surface area contributed by atoms with Crippen molar-refractivity contribution >= 4 is 52.5 Å². The molecule has 0 saturated carbocycles. The van der Waals surface area contributed by atoms with E-state index in [4.69, 9.17) is 39.9 Å². The van der Waals surface area contributed by atoms with Crippen LogP contribution in [0.3, 0.4) is 0 Å². The number of aliphatic carboxylic acids is 1. The van der Waals surface area contributed by atoms with Gasteiger partial charge in [-0.1, -0.05) is 58.7 Å². The first-order chi connectivity index (χ1) is 13.0. The molecule has 0 aliphatic heterocycles. The monoisotopic (exact) mass is 441 g/mol. The van der Waals surface area contributed by atoms with Crippen molar-refractivity contribution in [2.24, 2.45) is 0 Å². The molecular formula is C18H14Cl3N3O2S. The molecule has 27 heavy (non-hydrogen) atoms. The summed E-state index contributed by atoms with van der Waals surface area (Å²) < 4.78 is 1.84. The molecule has 0 bridgehead atoms. The summed E-state index contributed by atoms with van der Waals surface area (Å²) in [7, 11) is 0. The van der Waals surface area contributed by atoms with E-state index in [0.717, 1.165) is 11.3 Å². The van der Waals surface area contributed by atoms with Crippen LogP contribution in [0.5, 0.6) is 0 Å². The van der Waals surface area contributed by atoms with E-state index in [1.807, 2.05) is 28.8 Å². The van der Waals surface area contributed by atoms with Crippen molar-refractivity contribution in [1.29, 1.82) is 0 Å². The normalized spacial score (nSPS) is 10.9. The van der Waals surface area contributed by atoms with Crippen molar-refractivity contribution in [3.63, 3.8) is 0 Å². The lowest BCUT2D eigenvalue weighted by Crippen LogP contribution is -2.01. The van der Waals surface area contributed by atoms with Gasteiger partial charge in [0.15, 0.2) is 11.0 Å². The zero-order chi connectivity index (χ0) is 19.4. The van der Waals surface area contributed by atoms with Crippen LogP contribution in [0, 0.1) is 0 Å². The Hall–Kier alpha value is -1.73. The molecule has 0 saturated heterocycles. The largest absolute Gasteiger partial charge is 0.481 e. The Morgan fingerprint density at radius 2 is 1.81 bits per heavy atom. The third kappa shape index (κ3) is 4.76. The van der Waals surface area contributed by atoms with Crippen LogP contribution in [0.25, 0.3) is 17.1 Å². The zero-order valence-electron chi connectivity index (χ0n) is 13.9. The third-order valence-electron chi connectivity index (χ3n) is 3.68. The first-order valence-corrected chi connectivity index (χ1v) is 10.1. The van der Waals surface area contributed by atoms with Crippen LogP contribution in [0.4, 0.5) is 0 Å². The minimum absolute atomic E-state index is 0.102. The second-order valence-electron chi connectivity index (χ2n) is 5.57. The van der Waals surface area contributed by atoms with E-state index in [1.165, 1.54) is 11.8 Å². The standard InChI is InChI=1S/C18H14Cl3N3O2S/c19-13-5-2-1-4-12(13)17-22-23-18(27-9-3-6-16(25)26)24(17)11-7-8-14(20)15(21)10-11/h1-2,4-5,7-8,10H,3,6,9H2,(H,25,26). The third-order valence-corrected chi connectivity index (χ3v) is 5.76. The van der Waals surface area contributed by atoms with E-state index in [0.29, 0.717) is 38.2 Å². The van der Waals surface area contributed by atoms with E-state index in [2.05, 4.69) is 10.2 Å². The average molecular weight is 443 g/mol. The topological polar surface area (TPSA) is 68.0 Å². The van der Waals surface area contributed by atoms with Crippen molar-refractivity contribution in [2.45, 2.75) is 18.0 Å². The summed E-state index contributed by atoms with van der Waals surface area (Å²) in [6, 6.07) is 12.6. The molecule has 0 aliphatic carbocycles. The highest BCUT2D eigenvalue weighted by atomic mass is 35.5. The van der Waals surface area contributed by atoms with Crippen molar-refractivity contribution in [3.8, 4) is 17.1 Å². The summed E-state index contributed by atoms with van der Waals surface area (Å²) in [5.41, 5.74) is 1.47. The van der Waals surface area contributed by atoms with Gasteiger partial charge in [0.25, 0.3) is 0 Å². The molecule has 3 rings (SSSR count). The van der Waals surface area contributed by atoms with Crippen LogP contribution in [-0.4, -0.2) is 31.6 Å². The molecule has 9 heteroatoms. The SMILES string of the molecule is O=C(O)CCCSc1nnc(-c2ccccc2Cl)n1-c1ccc(Cl)c(Cl)c1. The van der Waals surface area contributed by atoms with Gasteiger partial charge in [-0.05, 0) is 36.8 Å². The predicted molar refractivity (Wildman–Crippen MR) is 109 cm³/mol. The molecule has 1 heterocycles. The van der Waals surface area contributed by atoms with Gasteiger partial charge in [0, 0.05) is 17.7 Å². The summed E-state index contributed by atoms with van der Waals surface area (Å²) in [5.74, 6) is 0.340. The predicted octanol–water partition coefficient (Wildman–Crippen LogP) is 5.85. The molecule has 0 amide bonds. The fourth-order valence-corrected chi connectivity index (χ4v) is 3.83. The van der Waals surface area contributed by atoms with Gasteiger partial charge in [-0.25, -0.2) is 0 Å². The number of thioether (sulfide) groups is 1. The second kappa shape index (κ2) is 8.97. The van der Waals surface area contributed by atoms with Gasteiger partial charge in [0.1, 0.15) is 0 Å². The Bertz CT molecular complexity index is 978. The number of rotatable bonds is 7. The molecule has 0 fully saturated rings. The molecule has 2 aromatic carbocycles. The van der Waals surface area contributed by atoms with Crippen molar-refractivity contribution < 1.29 is 9.90 Å². The van der Waals surface area contributed by atoms with Crippen molar-refractivity contribution in [1.82, 2.24) is 14.8 Å². The maximum Gasteiger partial charge on any atom is 0.303 e. The molecule has 1 N–H and O–H groups in total. The van der Waals surface area contributed by atoms with Gasteiger partial charge >= 0.3 is 5.97 Å². The lowest BCUT2D eigenvalue weighted by molar-refractivity contribution is -0.137. The maximum atomic E-state index is 10.7. The number of benzene rings is 2. The quantitative estimate of drug-likeness (QED) is 0.367. The van der Waals surface area contributed by atoms with Crippen LogP contribution in [-0.2, 0) is 4.79 Å². The van der Waals surface area contributed by atoms with E-state index in [9.17, 15) is 4.79 Å². The molecular weight excluding hydrogens is 429 g/mol. The Balaban J connectivity index is 2.02. The molecule has 0 atom stereocenters. The van der Waals surface area contributed by atoms with Gasteiger partial charge in [0.2, 0.25) is 0 Å². The van der Waals surface area contributed by atoms with Gasteiger partial charge < -0.3 is 5.11 Å². The number of hydrogen-bond acceptors (Lipinski definition) is 4. The Labute approximate surface area is 175 Å². The van der Waals surface area contributed by atoms with Gasteiger partial charge in [-0.2, -0.15) is 0 Å². The fourth-order valence-electron chi connectivity index (χ4n) is 2.42. The van der Waals surface area contributed by atoms with E-state index < -0.39 is 5.97 Å². The minimum Gasteiger partial charge on any atom is -0.481 e. The minimum atomic E-state index is -0.821. The smallest absolute Gasteiger partial charge is 0.303 e. The summed E-state index contributed by atoms with van der Waals surface area (Å²) in [6.07, 6.45) is 0.626. The van der Waals surface area contributed by atoms with E-state index in [1.54, 1.807) is 18.2 Å². The fraction of sp³-hybridized carbons (Fsp3) is 0.167. The molecule has 1 aromatic heterocycles. The van der Waals surface area contributed by atoms with Gasteiger partial charge in [0.05, 0.1) is 20.8 Å². The Morgan fingerprint density at radius 3 is 2.52 bits per heavy atom. The summed E-state index contributed by atoms with van der Waals surface area (Å²) in [6.45, 7) is 0. The number of hydrogen-bond donors (Lipinski definition) is 1. The van der Waals surface area contributed by atoms with Crippen LogP contribution in [0.2, 0.25) is 15.1 Å². The zero-order valence-corrected chi connectivity index (χ0v) is 17.0. The number of carboxylic acid groups (broad SMARTS) is 1. The average Bonchev–Trinajstić information content (AvgIpc) is 3.05. The number of aromatic nitrogens is 3. The van der Waals surface area contributed by atoms with Gasteiger partial charge in [-0.3, -0.25) is 9.36 Å². The first-order valence-electron chi connectivity index (χ1n) is 7.97. The molecule has 0 aliphatic rings. The Morgan fingerprint density at radius 1 is 1.04 bits per heavy atom. The lowest BCUT2D eigenvalue weighted by atomic mass is 10.2. The van der Waals surface area contributed by atoms with Crippen molar-refractivity contribution in [2.75, 3.05) is 5.75 Å². The van der Waals surface area contributed by atoms with Crippen LogP contribution in [0.1, 0.15) is 12.8 Å². The molecule has 5 nitrogen and oxygen atoms in total. The van der Waals surface area contributed by atoms with Crippen LogP contribution >= 0.6 is 46.6 Å². The van der Waals surface area contributed by atoms with Crippen LogP contribution < -0.4 is 0 Å². The molecule has 0 radical (unpaired) electrons. The highest BCUT2D eigenvalue weighted by Crippen LogP contribution is 2.34. The number of carbonyl (C=O) groups is 1. The highest BCUT2D eigenvalue weighted by Gasteiger charge is 2.18. The summed E-state index contributed by atoms with van der Waals surface area (Å²) in [4.78, 5) is 10.7. The summed E-state index contributed by atoms with van der Waals surface area (Å²) in [5, 5.41) is 19.4. The maximum absolute atomic E-state index is 10.7. The van der Waals surface area contributed by atoms with E-state index >= 15 is 0 Å². The number of nitrogens with zero attached hydrogens (tertiary/aromatic N) is 3. The Kier molecular flexibility index (Phi) is 6.65. The molecule has 0 spiro atoms. The first kappa shape index (κ1) is 20.0. The second-order valence-corrected chi connectivity index (χ2v) is 7.85. The summed E-state index contributed by atoms with van der Waals surface area (Å²) >= 11 is 20.0. The van der Waals surface area contributed by atoms with Crippen molar-refractivity contribution in [3.05, 3.63) is 57.5 Å². The molecule has 140 valence electrons. The molecule has 0 unspecified atom stereocenters. The number of carboxylic acids is 1. The lowest BCUT2D eigenvalue weighted by Gasteiger charge is -2.12. The number of halogens is 3. The van der Waals surface area contributed by atoms with Gasteiger partial charge in [-0.15, -0.1) is 10.2 Å². The van der Waals surface area contributed by atoms with Crippen LogP contribution in [0.15, 0.2) is 47.6 Å².